The predicted molar refractivity (Wildman–Crippen MR) is 60.3 cm³/mol. The highest BCUT2D eigenvalue weighted by Gasteiger charge is 2.23. The zero-order valence-electron chi connectivity index (χ0n) is 9.56. The molecule has 2 atom stereocenters. The molecule has 2 unspecified atom stereocenters. The number of rotatable bonds is 2. The van der Waals surface area contributed by atoms with Crippen LogP contribution in [0.5, 0.6) is 0 Å². The van der Waals surface area contributed by atoms with Gasteiger partial charge in [0.1, 0.15) is 0 Å². The van der Waals surface area contributed by atoms with Gasteiger partial charge in [-0.3, -0.25) is 9.58 Å². The Balaban J connectivity index is 1.94. The Kier molecular flexibility index (Phi) is 3.07. The fraction of sp³-hybridized carbons (Fsp3) is 0.727. The first-order valence-electron chi connectivity index (χ1n) is 5.63. The van der Waals surface area contributed by atoms with Crippen LogP contribution in [0, 0.1) is 0 Å². The van der Waals surface area contributed by atoms with Crippen LogP contribution in [0.25, 0.3) is 0 Å². The van der Waals surface area contributed by atoms with Crippen molar-refractivity contribution in [1.82, 2.24) is 14.7 Å². The van der Waals surface area contributed by atoms with Crippen molar-refractivity contribution < 1.29 is 0 Å². The maximum Gasteiger partial charge on any atom is 0.0764 e. The molecule has 15 heavy (non-hydrogen) atoms. The fourth-order valence-electron chi connectivity index (χ4n) is 2.25. The third-order valence-electron chi connectivity index (χ3n) is 3.19. The average molecular weight is 208 g/mol. The molecule has 0 saturated carbocycles. The summed E-state index contributed by atoms with van der Waals surface area (Å²) in [4.78, 5) is 2.46. The molecule has 4 heteroatoms. The second-order valence-corrected chi connectivity index (χ2v) is 4.58. The van der Waals surface area contributed by atoms with Gasteiger partial charge < -0.3 is 5.73 Å². The van der Waals surface area contributed by atoms with E-state index in [1.165, 1.54) is 0 Å². The molecule has 1 aliphatic rings. The normalized spacial score (nSPS) is 28.2. The molecule has 0 spiro atoms. The quantitative estimate of drug-likeness (QED) is 0.779. The zero-order valence-corrected chi connectivity index (χ0v) is 9.56. The van der Waals surface area contributed by atoms with E-state index in [0.29, 0.717) is 12.1 Å². The first-order valence-corrected chi connectivity index (χ1v) is 5.63. The average Bonchev–Trinajstić information content (AvgIpc) is 2.56. The van der Waals surface area contributed by atoms with Crippen molar-refractivity contribution >= 4 is 0 Å². The third-order valence-corrected chi connectivity index (χ3v) is 3.19. The smallest absolute Gasteiger partial charge is 0.0764 e. The number of piperidine rings is 1. The summed E-state index contributed by atoms with van der Waals surface area (Å²) in [6, 6.07) is 3.05. The highest BCUT2D eigenvalue weighted by molar-refractivity contribution is 4.99. The van der Waals surface area contributed by atoms with Crippen molar-refractivity contribution in [3.8, 4) is 0 Å². The topological polar surface area (TPSA) is 47.1 Å². The highest BCUT2D eigenvalue weighted by atomic mass is 15.3. The second-order valence-electron chi connectivity index (χ2n) is 4.58. The summed E-state index contributed by atoms with van der Waals surface area (Å²) in [6.07, 6.45) is 4.21. The lowest BCUT2D eigenvalue weighted by Crippen LogP contribution is -2.45. The Bertz CT molecular complexity index is 320. The van der Waals surface area contributed by atoms with Crippen LogP contribution in [-0.4, -0.2) is 33.3 Å². The highest BCUT2D eigenvalue weighted by Crippen LogP contribution is 2.17. The number of aromatic nitrogens is 2. The number of hydrogen-bond acceptors (Lipinski definition) is 3. The van der Waals surface area contributed by atoms with Gasteiger partial charge in [0, 0.05) is 38.4 Å². The van der Waals surface area contributed by atoms with Gasteiger partial charge >= 0.3 is 0 Å². The van der Waals surface area contributed by atoms with Crippen molar-refractivity contribution in [3.63, 3.8) is 0 Å². The van der Waals surface area contributed by atoms with E-state index in [1.54, 1.807) is 0 Å². The van der Waals surface area contributed by atoms with Crippen LogP contribution in [0.15, 0.2) is 12.3 Å². The largest absolute Gasteiger partial charge is 0.328 e. The molecular formula is C11H20N4. The van der Waals surface area contributed by atoms with Gasteiger partial charge in [-0.1, -0.05) is 0 Å². The maximum atomic E-state index is 5.94. The molecule has 2 rings (SSSR count). The lowest BCUT2D eigenvalue weighted by atomic mass is 9.99. The van der Waals surface area contributed by atoms with E-state index < -0.39 is 0 Å². The van der Waals surface area contributed by atoms with Gasteiger partial charge in [-0.2, -0.15) is 5.10 Å². The molecular weight excluding hydrogens is 188 g/mol. The van der Waals surface area contributed by atoms with Gasteiger partial charge in [0.15, 0.2) is 0 Å². The summed E-state index contributed by atoms with van der Waals surface area (Å²) in [7, 11) is 1.96. The van der Waals surface area contributed by atoms with E-state index in [1.807, 2.05) is 17.9 Å². The number of aryl methyl sites for hydroxylation is 1. The Morgan fingerprint density at radius 2 is 2.40 bits per heavy atom. The minimum absolute atomic E-state index is 0.389. The fourth-order valence-corrected chi connectivity index (χ4v) is 2.25. The van der Waals surface area contributed by atoms with Gasteiger partial charge in [0.2, 0.25) is 0 Å². The second kappa shape index (κ2) is 4.33. The van der Waals surface area contributed by atoms with E-state index in [0.717, 1.165) is 31.6 Å². The first-order chi connectivity index (χ1) is 7.15. The lowest BCUT2D eigenvalue weighted by Gasteiger charge is -2.35. The molecule has 2 N–H and O–H groups in total. The molecule has 1 aromatic heterocycles. The molecule has 1 fully saturated rings. The minimum Gasteiger partial charge on any atom is -0.328 e. The van der Waals surface area contributed by atoms with E-state index in [2.05, 4.69) is 23.0 Å². The van der Waals surface area contributed by atoms with E-state index >= 15 is 0 Å². The van der Waals surface area contributed by atoms with Gasteiger partial charge in [-0.25, -0.2) is 0 Å². The zero-order chi connectivity index (χ0) is 10.8. The monoisotopic (exact) mass is 208 g/mol. The molecule has 0 aliphatic carbocycles. The summed E-state index contributed by atoms with van der Waals surface area (Å²) in [5.74, 6) is 0. The summed E-state index contributed by atoms with van der Waals surface area (Å²) < 4.78 is 1.86. The Morgan fingerprint density at radius 3 is 3.00 bits per heavy atom. The molecule has 1 aliphatic heterocycles. The van der Waals surface area contributed by atoms with Crippen LogP contribution >= 0.6 is 0 Å². The van der Waals surface area contributed by atoms with Crippen molar-refractivity contribution in [2.45, 2.75) is 38.4 Å². The van der Waals surface area contributed by atoms with Crippen LogP contribution in [0.2, 0.25) is 0 Å². The molecule has 2 heterocycles. The van der Waals surface area contributed by atoms with Gasteiger partial charge in [0.25, 0.3) is 0 Å². The Labute approximate surface area is 91.1 Å². The molecule has 0 bridgehead atoms. The summed E-state index contributed by atoms with van der Waals surface area (Å²) in [5.41, 5.74) is 7.09. The summed E-state index contributed by atoms with van der Waals surface area (Å²) in [5, 5.41) is 4.40. The van der Waals surface area contributed by atoms with Crippen LogP contribution in [0.4, 0.5) is 0 Å². The standard InChI is InChI=1S/C11H20N4/c1-9-7-10(12)3-6-15(9)8-11-4-5-14(2)13-11/h4-5,9-10H,3,6-8,12H2,1-2H3. The van der Waals surface area contributed by atoms with Gasteiger partial charge in [-0.05, 0) is 25.8 Å². The number of nitrogens with two attached hydrogens (primary N) is 1. The van der Waals surface area contributed by atoms with Crippen molar-refractivity contribution in [2.24, 2.45) is 12.8 Å². The molecule has 0 amide bonds. The van der Waals surface area contributed by atoms with Gasteiger partial charge in [0.05, 0.1) is 5.69 Å². The number of hydrogen-bond donors (Lipinski definition) is 1. The van der Waals surface area contributed by atoms with E-state index in [-0.39, 0.29) is 0 Å². The van der Waals surface area contributed by atoms with Crippen LogP contribution in [0.1, 0.15) is 25.5 Å². The molecule has 1 aromatic rings. The van der Waals surface area contributed by atoms with Crippen molar-refractivity contribution in [1.29, 1.82) is 0 Å². The van der Waals surface area contributed by atoms with Crippen LogP contribution < -0.4 is 5.73 Å². The Hall–Kier alpha value is -0.870. The molecule has 0 aromatic carbocycles. The number of likely N-dealkylation sites (tertiary alicyclic amines) is 1. The van der Waals surface area contributed by atoms with Gasteiger partial charge in [-0.15, -0.1) is 0 Å². The molecule has 84 valence electrons. The lowest BCUT2D eigenvalue weighted by molar-refractivity contribution is 0.138. The maximum absolute atomic E-state index is 5.94. The van der Waals surface area contributed by atoms with Crippen molar-refractivity contribution in [3.05, 3.63) is 18.0 Å². The van der Waals surface area contributed by atoms with Crippen molar-refractivity contribution in [2.75, 3.05) is 6.54 Å². The summed E-state index contributed by atoms with van der Waals surface area (Å²) >= 11 is 0. The molecule has 0 radical (unpaired) electrons. The van der Waals surface area contributed by atoms with E-state index in [4.69, 9.17) is 5.73 Å². The van der Waals surface area contributed by atoms with Crippen LogP contribution in [0.3, 0.4) is 0 Å². The minimum atomic E-state index is 0.389. The SMILES string of the molecule is CC1CC(N)CCN1Cc1ccn(C)n1. The summed E-state index contributed by atoms with van der Waals surface area (Å²) in [6.45, 7) is 4.30. The molecule has 4 nitrogen and oxygen atoms in total. The number of nitrogens with zero attached hydrogens (tertiary/aromatic N) is 3. The first kappa shape index (κ1) is 10.6. The predicted octanol–water partition coefficient (Wildman–Crippen LogP) is 0.732. The van der Waals surface area contributed by atoms with Crippen LogP contribution in [-0.2, 0) is 13.6 Å². The Morgan fingerprint density at radius 1 is 1.60 bits per heavy atom. The van der Waals surface area contributed by atoms with E-state index in [9.17, 15) is 0 Å². The molecule has 1 saturated heterocycles. The third kappa shape index (κ3) is 2.58.